The molecule has 0 amide bonds. The van der Waals surface area contributed by atoms with Crippen LogP contribution in [0.3, 0.4) is 0 Å². The predicted octanol–water partition coefficient (Wildman–Crippen LogP) is 4.30. The monoisotopic (exact) mass is 356 g/mol. The fraction of sp³-hybridized carbons (Fsp3) is 0.200. The summed E-state index contributed by atoms with van der Waals surface area (Å²) in [4.78, 5) is 0. The maximum absolute atomic E-state index is 13.5. The average molecular weight is 358 g/mol. The molecule has 1 unspecified atom stereocenters. The fourth-order valence-corrected chi connectivity index (χ4v) is 2.89. The van der Waals surface area contributed by atoms with Crippen LogP contribution in [0.1, 0.15) is 22.7 Å². The van der Waals surface area contributed by atoms with Crippen molar-refractivity contribution in [2.24, 2.45) is 5.84 Å². The zero-order valence-corrected chi connectivity index (χ0v) is 13.3. The molecule has 0 aromatic heterocycles. The number of hydrogen-bond donors (Lipinski definition) is 2. The van der Waals surface area contributed by atoms with Crippen LogP contribution in [0.25, 0.3) is 0 Å². The van der Waals surface area contributed by atoms with Gasteiger partial charge >= 0.3 is 0 Å². The summed E-state index contributed by atoms with van der Waals surface area (Å²) in [6.45, 7) is 1.98. The molecule has 20 heavy (non-hydrogen) atoms. The molecule has 5 heteroatoms. The van der Waals surface area contributed by atoms with Gasteiger partial charge in [-0.2, -0.15) is 0 Å². The normalized spacial score (nSPS) is 12.4. The van der Waals surface area contributed by atoms with Crippen LogP contribution in [0, 0.1) is 12.7 Å². The summed E-state index contributed by atoms with van der Waals surface area (Å²) in [5.74, 6) is 5.35. The van der Waals surface area contributed by atoms with E-state index in [4.69, 9.17) is 17.4 Å². The topological polar surface area (TPSA) is 38.0 Å². The van der Waals surface area contributed by atoms with Gasteiger partial charge in [-0.3, -0.25) is 11.3 Å². The summed E-state index contributed by atoms with van der Waals surface area (Å²) >= 11 is 9.52. The smallest absolute Gasteiger partial charge is 0.137 e. The van der Waals surface area contributed by atoms with Crippen LogP contribution >= 0.6 is 27.5 Å². The molecule has 0 bridgehead atoms. The van der Waals surface area contributed by atoms with Crippen molar-refractivity contribution in [2.75, 3.05) is 0 Å². The van der Waals surface area contributed by atoms with E-state index in [1.807, 2.05) is 31.2 Å². The molecular weight excluding hydrogens is 343 g/mol. The number of hydrogen-bond acceptors (Lipinski definition) is 2. The third-order valence-electron chi connectivity index (χ3n) is 3.19. The van der Waals surface area contributed by atoms with Gasteiger partial charge < -0.3 is 0 Å². The summed E-state index contributed by atoms with van der Waals surface area (Å²) in [6.07, 6.45) is 0.539. The zero-order chi connectivity index (χ0) is 14.7. The highest BCUT2D eigenvalue weighted by molar-refractivity contribution is 9.10. The van der Waals surface area contributed by atoms with Gasteiger partial charge in [0.05, 0.1) is 10.5 Å². The molecule has 0 heterocycles. The Balaban J connectivity index is 2.31. The number of nitrogens with two attached hydrogens (primary N) is 1. The number of nitrogens with one attached hydrogen (secondary N) is 1. The minimum absolute atomic E-state index is 0.179. The first-order chi connectivity index (χ1) is 9.52. The second-order valence-electron chi connectivity index (χ2n) is 4.66. The highest BCUT2D eigenvalue weighted by Gasteiger charge is 2.16. The van der Waals surface area contributed by atoms with Gasteiger partial charge in [-0.15, -0.1) is 0 Å². The SMILES string of the molecule is Cc1ccc(C(Cc2cccc(F)c2Br)NN)c(Cl)c1. The molecule has 2 nitrogen and oxygen atoms in total. The Labute approximate surface area is 131 Å². The highest BCUT2D eigenvalue weighted by atomic mass is 79.9. The van der Waals surface area contributed by atoms with Crippen LogP contribution in [0.15, 0.2) is 40.9 Å². The molecule has 0 fully saturated rings. The van der Waals surface area contributed by atoms with Gasteiger partial charge in [0, 0.05) is 5.02 Å². The standard InChI is InChI=1S/C15H15BrClFN2/c1-9-5-6-11(12(17)7-9)14(20-19)8-10-3-2-4-13(18)15(10)16/h2-7,14,20H,8,19H2,1H3. The van der Waals surface area contributed by atoms with Crippen LogP contribution in [-0.2, 0) is 6.42 Å². The van der Waals surface area contributed by atoms with Crippen molar-refractivity contribution in [1.82, 2.24) is 5.43 Å². The molecular formula is C15H15BrClFN2. The van der Waals surface area contributed by atoms with Gasteiger partial charge in [0.15, 0.2) is 0 Å². The van der Waals surface area contributed by atoms with Crippen molar-refractivity contribution in [2.45, 2.75) is 19.4 Å². The van der Waals surface area contributed by atoms with Gasteiger partial charge in [-0.25, -0.2) is 4.39 Å². The number of halogens is 3. The van der Waals surface area contributed by atoms with E-state index in [9.17, 15) is 4.39 Å². The van der Waals surface area contributed by atoms with E-state index in [-0.39, 0.29) is 11.9 Å². The van der Waals surface area contributed by atoms with Gasteiger partial charge in [0.2, 0.25) is 0 Å². The predicted molar refractivity (Wildman–Crippen MR) is 84.1 cm³/mol. The molecule has 0 saturated heterocycles. The summed E-state index contributed by atoms with van der Waals surface area (Å²) in [7, 11) is 0. The molecule has 2 rings (SSSR count). The fourth-order valence-electron chi connectivity index (χ4n) is 2.10. The molecule has 1 atom stereocenters. The molecule has 0 aliphatic carbocycles. The van der Waals surface area contributed by atoms with Crippen molar-refractivity contribution in [3.05, 3.63) is 68.4 Å². The molecule has 0 spiro atoms. The Morgan fingerprint density at radius 1 is 1.35 bits per heavy atom. The van der Waals surface area contributed by atoms with Gasteiger partial charge in [0.1, 0.15) is 5.82 Å². The molecule has 0 aliphatic rings. The third kappa shape index (κ3) is 3.38. The van der Waals surface area contributed by atoms with Crippen molar-refractivity contribution >= 4 is 27.5 Å². The Bertz CT molecular complexity index is 619. The molecule has 0 radical (unpaired) electrons. The highest BCUT2D eigenvalue weighted by Crippen LogP contribution is 2.29. The summed E-state index contributed by atoms with van der Waals surface area (Å²) in [5.41, 5.74) is 5.57. The number of rotatable bonds is 4. The molecule has 2 aromatic rings. The average Bonchev–Trinajstić information content (AvgIpc) is 2.41. The molecule has 2 aromatic carbocycles. The summed E-state index contributed by atoms with van der Waals surface area (Å²) < 4.78 is 14.0. The molecule has 0 saturated carbocycles. The molecule has 3 N–H and O–H groups in total. The van der Waals surface area contributed by atoms with Gasteiger partial charge in [-0.05, 0) is 58.1 Å². The lowest BCUT2D eigenvalue weighted by Gasteiger charge is -2.19. The van der Waals surface area contributed by atoms with Gasteiger partial charge in [-0.1, -0.05) is 35.9 Å². The Kier molecular flexibility index (Phi) is 5.16. The minimum atomic E-state index is -0.284. The molecule has 0 aliphatic heterocycles. The van der Waals surface area contributed by atoms with E-state index in [2.05, 4.69) is 21.4 Å². The van der Waals surface area contributed by atoms with E-state index in [1.54, 1.807) is 6.07 Å². The van der Waals surface area contributed by atoms with Crippen molar-refractivity contribution in [3.8, 4) is 0 Å². The van der Waals surface area contributed by atoms with E-state index in [0.29, 0.717) is 15.9 Å². The quantitative estimate of drug-likeness (QED) is 0.632. The van der Waals surface area contributed by atoms with Crippen LogP contribution in [-0.4, -0.2) is 0 Å². The van der Waals surface area contributed by atoms with Crippen LogP contribution in [0.5, 0.6) is 0 Å². The minimum Gasteiger partial charge on any atom is -0.271 e. The van der Waals surface area contributed by atoms with E-state index >= 15 is 0 Å². The lowest BCUT2D eigenvalue weighted by molar-refractivity contribution is 0.546. The summed E-state index contributed by atoms with van der Waals surface area (Å²) in [6, 6.07) is 10.6. The molecule has 106 valence electrons. The Morgan fingerprint density at radius 3 is 2.75 bits per heavy atom. The first kappa shape index (κ1) is 15.4. The van der Waals surface area contributed by atoms with E-state index < -0.39 is 0 Å². The Hall–Kier alpha value is -0.940. The van der Waals surface area contributed by atoms with Crippen molar-refractivity contribution < 1.29 is 4.39 Å². The lowest BCUT2D eigenvalue weighted by Crippen LogP contribution is -2.30. The first-order valence-corrected chi connectivity index (χ1v) is 7.35. The largest absolute Gasteiger partial charge is 0.271 e. The number of aryl methyl sites for hydroxylation is 1. The number of benzene rings is 2. The lowest BCUT2D eigenvalue weighted by atomic mass is 9.98. The van der Waals surface area contributed by atoms with Crippen molar-refractivity contribution in [3.63, 3.8) is 0 Å². The summed E-state index contributed by atoms with van der Waals surface area (Å²) in [5, 5.41) is 0.653. The zero-order valence-electron chi connectivity index (χ0n) is 11.0. The van der Waals surface area contributed by atoms with Crippen molar-refractivity contribution in [1.29, 1.82) is 0 Å². The third-order valence-corrected chi connectivity index (χ3v) is 4.40. The first-order valence-electron chi connectivity index (χ1n) is 6.18. The maximum atomic E-state index is 13.5. The second-order valence-corrected chi connectivity index (χ2v) is 5.86. The van der Waals surface area contributed by atoms with Crippen LogP contribution < -0.4 is 11.3 Å². The number of hydrazine groups is 1. The Morgan fingerprint density at radius 2 is 2.10 bits per heavy atom. The van der Waals surface area contributed by atoms with E-state index in [0.717, 1.165) is 16.7 Å². The van der Waals surface area contributed by atoms with Crippen LogP contribution in [0.2, 0.25) is 5.02 Å². The van der Waals surface area contributed by atoms with Gasteiger partial charge in [0.25, 0.3) is 0 Å². The van der Waals surface area contributed by atoms with E-state index in [1.165, 1.54) is 6.07 Å². The van der Waals surface area contributed by atoms with Crippen LogP contribution in [0.4, 0.5) is 4.39 Å². The second kappa shape index (κ2) is 6.68. The maximum Gasteiger partial charge on any atom is 0.137 e.